The van der Waals surface area contributed by atoms with Crippen molar-refractivity contribution in [1.29, 1.82) is 0 Å². The maximum absolute atomic E-state index is 12.7. The van der Waals surface area contributed by atoms with E-state index in [-0.39, 0.29) is 10.8 Å². The van der Waals surface area contributed by atoms with Gasteiger partial charge in [0.1, 0.15) is 0 Å². The molecule has 7 heteroatoms. The Morgan fingerprint density at radius 3 is 2.43 bits per heavy atom. The molecular formula is C21H22N2O3S2. The zero-order valence-electron chi connectivity index (χ0n) is 16.0. The van der Waals surface area contributed by atoms with E-state index >= 15 is 0 Å². The van der Waals surface area contributed by atoms with Crippen LogP contribution < -0.4 is 4.72 Å². The number of hydrogen-bond acceptors (Lipinski definition) is 4. The number of carbonyl (C=O) groups excluding carboxylic acids is 1. The highest BCUT2D eigenvalue weighted by Crippen LogP contribution is 2.21. The van der Waals surface area contributed by atoms with Gasteiger partial charge < -0.3 is 4.90 Å². The quantitative estimate of drug-likeness (QED) is 0.648. The number of nitrogens with one attached hydrogen (secondary N) is 1. The van der Waals surface area contributed by atoms with Gasteiger partial charge >= 0.3 is 0 Å². The Balaban J connectivity index is 1.73. The molecule has 0 bridgehead atoms. The minimum absolute atomic E-state index is 0.114. The normalized spacial score (nSPS) is 11.2. The molecule has 1 aromatic heterocycles. The summed E-state index contributed by atoms with van der Waals surface area (Å²) in [6, 6.07) is 15.7. The van der Waals surface area contributed by atoms with Crippen LogP contribution in [0.1, 0.15) is 26.4 Å². The molecule has 0 saturated carbocycles. The van der Waals surface area contributed by atoms with E-state index in [1.54, 1.807) is 66.6 Å². The summed E-state index contributed by atoms with van der Waals surface area (Å²) in [5.74, 6) is -0.114. The first-order valence-corrected chi connectivity index (χ1v) is 11.1. The zero-order chi connectivity index (χ0) is 20.3. The van der Waals surface area contributed by atoms with Crippen molar-refractivity contribution in [2.75, 3.05) is 11.8 Å². The van der Waals surface area contributed by atoms with Crippen LogP contribution in [0, 0.1) is 13.8 Å². The Hall–Kier alpha value is -2.64. The van der Waals surface area contributed by atoms with E-state index in [2.05, 4.69) is 4.72 Å². The number of amides is 1. The van der Waals surface area contributed by atoms with E-state index in [4.69, 9.17) is 0 Å². The van der Waals surface area contributed by atoms with Gasteiger partial charge in [0.15, 0.2) is 0 Å². The topological polar surface area (TPSA) is 66.5 Å². The summed E-state index contributed by atoms with van der Waals surface area (Å²) in [4.78, 5) is 15.6. The Morgan fingerprint density at radius 2 is 1.79 bits per heavy atom. The third-order valence-corrected chi connectivity index (χ3v) is 6.72. The van der Waals surface area contributed by atoms with Crippen molar-refractivity contribution < 1.29 is 13.2 Å². The van der Waals surface area contributed by atoms with Crippen molar-refractivity contribution in [2.24, 2.45) is 0 Å². The van der Waals surface area contributed by atoms with Gasteiger partial charge in [0.05, 0.1) is 11.4 Å². The largest absolute Gasteiger partial charge is 0.337 e. The Labute approximate surface area is 169 Å². The summed E-state index contributed by atoms with van der Waals surface area (Å²) in [5, 5.41) is 1.98. The van der Waals surface area contributed by atoms with Gasteiger partial charge in [-0.05, 0) is 66.8 Å². The number of nitrogens with zero attached hydrogens (tertiary/aromatic N) is 1. The molecule has 0 aliphatic heterocycles. The fourth-order valence-corrected chi connectivity index (χ4v) is 4.96. The molecule has 3 rings (SSSR count). The summed E-state index contributed by atoms with van der Waals surface area (Å²) in [7, 11) is -1.94. The van der Waals surface area contributed by atoms with Gasteiger partial charge in [-0.3, -0.25) is 9.52 Å². The molecular weight excluding hydrogens is 392 g/mol. The van der Waals surface area contributed by atoms with Crippen molar-refractivity contribution >= 4 is 33.0 Å². The monoisotopic (exact) mass is 414 g/mol. The number of hydrogen-bond donors (Lipinski definition) is 1. The molecule has 1 amide bonds. The number of thiophene rings is 1. The van der Waals surface area contributed by atoms with Crippen molar-refractivity contribution in [3.63, 3.8) is 0 Å². The van der Waals surface area contributed by atoms with E-state index in [1.165, 1.54) is 0 Å². The van der Waals surface area contributed by atoms with Gasteiger partial charge in [0, 0.05) is 23.2 Å². The molecule has 0 atom stereocenters. The number of benzene rings is 2. The summed E-state index contributed by atoms with van der Waals surface area (Å²) in [6.45, 7) is 4.16. The summed E-state index contributed by atoms with van der Waals surface area (Å²) in [6.07, 6.45) is 0. The minimum Gasteiger partial charge on any atom is -0.337 e. The number of sulfonamides is 1. The van der Waals surface area contributed by atoms with Gasteiger partial charge in [0.2, 0.25) is 0 Å². The lowest BCUT2D eigenvalue weighted by Crippen LogP contribution is -2.25. The van der Waals surface area contributed by atoms with E-state index < -0.39 is 10.0 Å². The van der Waals surface area contributed by atoms with Gasteiger partial charge in [-0.1, -0.05) is 18.2 Å². The molecule has 5 nitrogen and oxygen atoms in total. The average Bonchev–Trinajstić information content (AvgIpc) is 3.16. The number of carbonyl (C=O) groups is 1. The molecule has 28 heavy (non-hydrogen) atoms. The van der Waals surface area contributed by atoms with Crippen LogP contribution in [0.5, 0.6) is 0 Å². The fourth-order valence-electron chi connectivity index (χ4n) is 2.82. The molecule has 146 valence electrons. The zero-order valence-corrected chi connectivity index (χ0v) is 17.6. The standard InChI is InChI=1S/C21H22N2O3S2/c1-15-6-7-16(2)20(13-15)28(25,26)22-18-10-8-17(9-11-18)21(24)23(3)14-19-5-4-12-27-19/h4-13,22H,14H2,1-3H3. The van der Waals surface area contributed by atoms with E-state index in [0.29, 0.717) is 23.4 Å². The molecule has 1 heterocycles. The molecule has 2 aromatic carbocycles. The highest BCUT2D eigenvalue weighted by atomic mass is 32.2. The van der Waals surface area contributed by atoms with E-state index in [9.17, 15) is 13.2 Å². The third kappa shape index (κ3) is 4.61. The predicted octanol–water partition coefficient (Wildman–Crippen LogP) is 4.44. The van der Waals surface area contributed by atoms with E-state index in [0.717, 1.165) is 10.4 Å². The molecule has 0 unspecified atom stereocenters. The molecule has 0 aliphatic rings. The van der Waals surface area contributed by atoms with Crippen LogP contribution in [-0.4, -0.2) is 26.3 Å². The maximum Gasteiger partial charge on any atom is 0.262 e. The van der Waals surface area contributed by atoms with Crippen molar-refractivity contribution in [1.82, 2.24) is 4.90 Å². The highest BCUT2D eigenvalue weighted by molar-refractivity contribution is 7.92. The Morgan fingerprint density at radius 1 is 1.07 bits per heavy atom. The molecule has 0 fully saturated rings. The molecule has 3 aromatic rings. The van der Waals surface area contributed by atoms with Crippen LogP contribution in [0.25, 0.3) is 0 Å². The second kappa shape index (κ2) is 8.16. The first-order chi connectivity index (χ1) is 13.3. The summed E-state index contributed by atoms with van der Waals surface area (Å²) >= 11 is 1.60. The summed E-state index contributed by atoms with van der Waals surface area (Å²) in [5.41, 5.74) is 2.48. The van der Waals surface area contributed by atoms with Crippen LogP contribution in [0.4, 0.5) is 5.69 Å². The first kappa shape index (κ1) is 20.1. The third-order valence-electron chi connectivity index (χ3n) is 4.34. The van der Waals surface area contributed by atoms with Gasteiger partial charge in [-0.25, -0.2) is 8.42 Å². The Kier molecular flexibility index (Phi) is 5.86. The van der Waals surface area contributed by atoms with Gasteiger partial charge in [0.25, 0.3) is 15.9 Å². The lowest BCUT2D eigenvalue weighted by Gasteiger charge is -2.17. The second-order valence-electron chi connectivity index (χ2n) is 6.69. The molecule has 0 radical (unpaired) electrons. The lowest BCUT2D eigenvalue weighted by molar-refractivity contribution is 0.0786. The molecule has 0 saturated heterocycles. The van der Waals surface area contributed by atoms with Crippen molar-refractivity contribution in [2.45, 2.75) is 25.3 Å². The number of anilines is 1. The smallest absolute Gasteiger partial charge is 0.262 e. The number of rotatable bonds is 6. The first-order valence-electron chi connectivity index (χ1n) is 8.74. The molecule has 1 N–H and O–H groups in total. The average molecular weight is 415 g/mol. The lowest BCUT2D eigenvalue weighted by atomic mass is 10.2. The minimum atomic E-state index is -3.69. The van der Waals surface area contributed by atoms with Crippen molar-refractivity contribution in [3.05, 3.63) is 81.5 Å². The SMILES string of the molecule is Cc1ccc(C)c(S(=O)(=O)Nc2ccc(C(=O)N(C)Cc3cccs3)cc2)c1. The van der Waals surface area contributed by atoms with Crippen LogP contribution >= 0.6 is 11.3 Å². The second-order valence-corrected chi connectivity index (χ2v) is 9.38. The van der Waals surface area contributed by atoms with E-state index in [1.807, 2.05) is 30.5 Å². The van der Waals surface area contributed by atoms with Crippen LogP contribution in [0.15, 0.2) is 64.9 Å². The fraction of sp³-hybridized carbons (Fsp3) is 0.190. The van der Waals surface area contributed by atoms with Crippen molar-refractivity contribution in [3.8, 4) is 0 Å². The maximum atomic E-state index is 12.7. The highest BCUT2D eigenvalue weighted by Gasteiger charge is 2.18. The molecule has 0 spiro atoms. The molecule has 0 aliphatic carbocycles. The van der Waals surface area contributed by atoms with Crippen LogP contribution in [0.2, 0.25) is 0 Å². The van der Waals surface area contributed by atoms with Gasteiger partial charge in [-0.15, -0.1) is 11.3 Å². The van der Waals surface area contributed by atoms with Crippen LogP contribution in [0.3, 0.4) is 0 Å². The summed E-state index contributed by atoms with van der Waals surface area (Å²) < 4.78 is 28.0. The van der Waals surface area contributed by atoms with Crippen LogP contribution in [-0.2, 0) is 16.6 Å². The number of aryl methyl sites for hydroxylation is 2. The van der Waals surface area contributed by atoms with Gasteiger partial charge in [-0.2, -0.15) is 0 Å². The predicted molar refractivity (Wildman–Crippen MR) is 113 cm³/mol. The Bertz CT molecular complexity index is 1070.